The Balaban J connectivity index is 1.43. The van der Waals surface area contributed by atoms with E-state index in [0.29, 0.717) is 24.0 Å². The fourth-order valence-corrected chi connectivity index (χ4v) is 7.00. The Kier molecular flexibility index (Phi) is 5.67. The van der Waals surface area contributed by atoms with Crippen LogP contribution in [-0.4, -0.2) is 27.7 Å². The molecule has 8 heteroatoms. The first-order valence-corrected chi connectivity index (χ1v) is 13.9. The zero-order valence-corrected chi connectivity index (χ0v) is 20.2. The maximum atomic E-state index is 13.2. The average molecular weight is 493 g/mol. The number of anilines is 1. The van der Waals surface area contributed by atoms with Crippen molar-refractivity contribution >= 4 is 36.5 Å². The van der Waals surface area contributed by atoms with Gasteiger partial charge in [0.15, 0.2) is 0 Å². The van der Waals surface area contributed by atoms with Crippen LogP contribution in [0.4, 0.5) is 5.69 Å². The van der Waals surface area contributed by atoms with Crippen LogP contribution in [-0.2, 0) is 33.0 Å². The Morgan fingerprint density at radius 3 is 2.32 bits per heavy atom. The molecule has 0 radical (unpaired) electrons. The molecule has 0 amide bonds. The summed E-state index contributed by atoms with van der Waals surface area (Å²) in [7, 11) is -7.48. The number of hydrogen-bond donors (Lipinski definition) is 1. The van der Waals surface area contributed by atoms with Crippen LogP contribution in [0.1, 0.15) is 16.7 Å². The first-order chi connectivity index (χ1) is 16.2. The molecule has 1 aliphatic rings. The molecule has 1 aliphatic heterocycles. The van der Waals surface area contributed by atoms with Gasteiger partial charge in [-0.1, -0.05) is 60.2 Å². The van der Waals surface area contributed by atoms with E-state index in [1.807, 2.05) is 37.3 Å². The third kappa shape index (κ3) is 4.20. The molecular weight excluding hydrogens is 468 g/mol. The number of fused-ring (bicyclic) bond motifs is 2. The van der Waals surface area contributed by atoms with Crippen molar-refractivity contribution in [1.82, 2.24) is 4.31 Å². The fraction of sp³-hybridized carbons (Fsp3) is 0.154. The molecule has 34 heavy (non-hydrogen) atoms. The number of aryl methyl sites for hydroxylation is 1. The number of nitrogens with zero attached hydrogens (tertiary/aromatic N) is 1. The van der Waals surface area contributed by atoms with E-state index in [2.05, 4.69) is 4.72 Å². The van der Waals surface area contributed by atoms with E-state index < -0.39 is 20.0 Å². The second kappa shape index (κ2) is 8.54. The Labute approximate surface area is 200 Å². The molecule has 1 heterocycles. The summed E-state index contributed by atoms with van der Waals surface area (Å²) in [6.07, 6.45) is 0.566. The Morgan fingerprint density at radius 2 is 1.53 bits per heavy atom. The minimum atomic E-state index is -3.84. The van der Waals surface area contributed by atoms with Gasteiger partial charge in [0.25, 0.3) is 10.0 Å². The number of sulfonamides is 2. The van der Waals surface area contributed by atoms with Gasteiger partial charge in [-0.15, -0.1) is 0 Å². The molecule has 174 valence electrons. The van der Waals surface area contributed by atoms with Gasteiger partial charge in [0.1, 0.15) is 0 Å². The van der Waals surface area contributed by atoms with Gasteiger partial charge in [0.05, 0.1) is 9.79 Å². The quantitative estimate of drug-likeness (QED) is 0.438. The SMILES string of the molecule is Cc1ccc(S(=O)(=O)N2CCc3ccc(NS(=O)(=O)c4cccc5ccccc45)cc3C2)cc1. The highest BCUT2D eigenvalue weighted by Gasteiger charge is 2.28. The van der Waals surface area contributed by atoms with Crippen molar-refractivity contribution in [2.24, 2.45) is 0 Å². The van der Waals surface area contributed by atoms with Crippen LogP contribution in [0.5, 0.6) is 0 Å². The highest BCUT2D eigenvalue weighted by Crippen LogP contribution is 2.29. The van der Waals surface area contributed by atoms with Crippen LogP contribution in [0.2, 0.25) is 0 Å². The van der Waals surface area contributed by atoms with E-state index in [-0.39, 0.29) is 16.3 Å². The summed E-state index contributed by atoms with van der Waals surface area (Å²) in [4.78, 5) is 0.459. The van der Waals surface area contributed by atoms with Crippen LogP contribution in [0.15, 0.2) is 94.7 Å². The van der Waals surface area contributed by atoms with Gasteiger partial charge < -0.3 is 0 Å². The van der Waals surface area contributed by atoms with E-state index in [4.69, 9.17) is 0 Å². The first kappa shape index (κ1) is 22.6. The predicted octanol–water partition coefficient (Wildman–Crippen LogP) is 4.70. The van der Waals surface area contributed by atoms with Gasteiger partial charge in [0, 0.05) is 24.2 Å². The molecule has 0 aromatic heterocycles. The van der Waals surface area contributed by atoms with Crippen molar-refractivity contribution < 1.29 is 16.8 Å². The molecule has 0 saturated heterocycles. The van der Waals surface area contributed by atoms with Gasteiger partial charge in [-0.25, -0.2) is 16.8 Å². The van der Waals surface area contributed by atoms with Crippen molar-refractivity contribution in [3.63, 3.8) is 0 Å². The van der Waals surface area contributed by atoms with E-state index >= 15 is 0 Å². The summed E-state index contributed by atoms with van der Waals surface area (Å²) in [6.45, 7) is 2.48. The Hall–Kier alpha value is -3.20. The molecule has 4 aromatic rings. The Bertz CT molecular complexity index is 1590. The van der Waals surface area contributed by atoms with E-state index in [9.17, 15) is 16.8 Å². The largest absolute Gasteiger partial charge is 0.280 e. The van der Waals surface area contributed by atoms with Gasteiger partial charge in [-0.2, -0.15) is 4.31 Å². The summed E-state index contributed by atoms with van der Waals surface area (Å²) in [5.41, 5.74) is 3.20. The van der Waals surface area contributed by atoms with Gasteiger partial charge >= 0.3 is 0 Å². The van der Waals surface area contributed by atoms with Crippen molar-refractivity contribution in [1.29, 1.82) is 0 Å². The Morgan fingerprint density at radius 1 is 0.794 bits per heavy atom. The van der Waals surface area contributed by atoms with Crippen molar-refractivity contribution in [2.45, 2.75) is 29.7 Å². The third-order valence-electron chi connectivity index (χ3n) is 6.13. The third-order valence-corrected chi connectivity index (χ3v) is 9.43. The van der Waals surface area contributed by atoms with Gasteiger partial charge in [-0.3, -0.25) is 4.72 Å². The standard InChI is InChI=1S/C26H24N2O4S2/c1-19-9-13-24(14-10-19)34(31,32)28-16-15-20-11-12-23(17-22(20)18-28)27-33(29,30)26-8-4-6-21-5-2-3-7-25(21)26/h2-14,17,27H,15-16,18H2,1H3. The predicted molar refractivity (Wildman–Crippen MR) is 134 cm³/mol. The molecule has 0 fully saturated rings. The molecule has 0 bridgehead atoms. The number of hydrogen-bond acceptors (Lipinski definition) is 4. The van der Waals surface area contributed by atoms with Crippen LogP contribution in [0.3, 0.4) is 0 Å². The topological polar surface area (TPSA) is 83.6 Å². The fourth-order valence-electron chi connectivity index (χ4n) is 4.30. The molecule has 0 spiro atoms. The lowest BCUT2D eigenvalue weighted by molar-refractivity contribution is 0.391. The first-order valence-electron chi connectivity index (χ1n) is 10.9. The smallest absolute Gasteiger partial charge is 0.262 e. The van der Waals surface area contributed by atoms with E-state index in [1.54, 1.807) is 54.6 Å². The molecule has 0 unspecified atom stereocenters. The zero-order chi connectivity index (χ0) is 23.9. The number of rotatable bonds is 5. The summed E-state index contributed by atoms with van der Waals surface area (Å²) in [5, 5.41) is 1.48. The van der Waals surface area contributed by atoms with Gasteiger partial charge in [-0.05, 0) is 60.2 Å². The van der Waals surface area contributed by atoms with Crippen LogP contribution >= 0.6 is 0 Å². The van der Waals surface area contributed by atoms with Crippen molar-refractivity contribution in [3.8, 4) is 0 Å². The van der Waals surface area contributed by atoms with E-state index in [1.165, 1.54) is 4.31 Å². The lowest BCUT2D eigenvalue weighted by Gasteiger charge is -2.28. The van der Waals surface area contributed by atoms with Crippen LogP contribution in [0, 0.1) is 6.92 Å². The van der Waals surface area contributed by atoms with Crippen LogP contribution < -0.4 is 4.72 Å². The second-order valence-corrected chi connectivity index (χ2v) is 12.1. The molecule has 0 saturated carbocycles. The minimum absolute atomic E-state index is 0.190. The van der Waals surface area contributed by atoms with Crippen LogP contribution in [0.25, 0.3) is 10.8 Å². The molecule has 1 N–H and O–H groups in total. The second-order valence-electron chi connectivity index (χ2n) is 8.47. The number of nitrogens with one attached hydrogen (secondary N) is 1. The number of benzene rings is 4. The van der Waals surface area contributed by atoms with Crippen molar-refractivity contribution in [2.75, 3.05) is 11.3 Å². The lowest BCUT2D eigenvalue weighted by Crippen LogP contribution is -2.36. The highest BCUT2D eigenvalue weighted by atomic mass is 32.2. The molecule has 6 nitrogen and oxygen atoms in total. The maximum absolute atomic E-state index is 13.2. The molecule has 0 aliphatic carbocycles. The summed E-state index contributed by atoms with van der Waals surface area (Å²) < 4.78 is 56.8. The monoisotopic (exact) mass is 492 g/mol. The van der Waals surface area contributed by atoms with E-state index in [0.717, 1.165) is 22.1 Å². The zero-order valence-electron chi connectivity index (χ0n) is 18.6. The van der Waals surface area contributed by atoms with Gasteiger partial charge in [0.2, 0.25) is 10.0 Å². The molecular formula is C26H24N2O4S2. The molecule has 0 atom stereocenters. The normalized spacial score (nSPS) is 14.6. The molecule has 5 rings (SSSR count). The van der Waals surface area contributed by atoms with Crippen molar-refractivity contribution in [3.05, 3.63) is 102 Å². The maximum Gasteiger partial charge on any atom is 0.262 e. The summed E-state index contributed by atoms with van der Waals surface area (Å²) >= 11 is 0. The average Bonchev–Trinajstić information content (AvgIpc) is 2.83. The highest BCUT2D eigenvalue weighted by molar-refractivity contribution is 7.93. The summed E-state index contributed by atoms with van der Waals surface area (Å²) in [5.74, 6) is 0. The summed E-state index contributed by atoms with van der Waals surface area (Å²) in [6, 6.07) is 24.6. The lowest BCUT2D eigenvalue weighted by atomic mass is 10.0. The molecule has 4 aromatic carbocycles. The minimum Gasteiger partial charge on any atom is -0.280 e.